The minimum absolute atomic E-state index is 0.0557. The summed E-state index contributed by atoms with van der Waals surface area (Å²) in [4.78, 5) is 19.9. The molecule has 3 rings (SSSR count). The van der Waals surface area contributed by atoms with Crippen molar-refractivity contribution in [3.8, 4) is 0 Å². The summed E-state index contributed by atoms with van der Waals surface area (Å²) in [6.07, 6.45) is 4.83. The van der Waals surface area contributed by atoms with Crippen LogP contribution in [0.15, 0.2) is 30.6 Å². The molecule has 1 aliphatic carbocycles. The van der Waals surface area contributed by atoms with Gasteiger partial charge in [-0.25, -0.2) is 14.8 Å². The Hall–Kier alpha value is -2.23. The van der Waals surface area contributed by atoms with Crippen molar-refractivity contribution in [2.24, 2.45) is 0 Å². The molecule has 0 atom stereocenters. The zero-order valence-corrected chi connectivity index (χ0v) is 16.6. The molecule has 2 aromatic rings. The fraction of sp³-hybridized carbons (Fsp3) is 0.500. The molecule has 1 N–H and O–H groups in total. The molecule has 0 saturated heterocycles. The summed E-state index contributed by atoms with van der Waals surface area (Å²) >= 11 is 0. The van der Waals surface area contributed by atoms with Crippen LogP contribution in [0.2, 0.25) is 0 Å². The molecule has 0 spiro atoms. The van der Waals surface area contributed by atoms with Crippen LogP contribution in [0.3, 0.4) is 0 Å². The number of carboxylic acids is 1. The van der Waals surface area contributed by atoms with Gasteiger partial charge in [0.2, 0.25) is 0 Å². The Bertz CT molecular complexity index is 804. The van der Waals surface area contributed by atoms with E-state index in [4.69, 9.17) is 5.11 Å². The first-order chi connectivity index (χ1) is 11.9. The van der Waals surface area contributed by atoms with Crippen LogP contribution >= 0.6 is 0 Å². The smallest absolute Gasteiger partial charge is 0.338 e. The molecule has 26 heavy (non-hydrogen) atoms. The first kappa shape index (κ1) is 18.6. The molecule has 1 aromatic heterocycles. The number of hydrogen-bond donors (Lipinski definition) is 1. The molecule has 1 saturated carbocycles. The number of carboxylic acid groups (broad SMARTS) is 1. The largest absolute Gasteiger partial charge is 0.478 e. The summed E-state index contributed by atoms with van der Waals surface area (Å²) < 4.78 is 0. The fourth-order valence-electron chi connectivity index (χ4n) is 3.22. The van der Waals surface area contributed by atoms with Gasteiger partial charge in [-0.1, -0.05) is 59.7 Å². The van der Waals surface area contributed by atoms with Crippen molar-refractivity contribution in [1.29, 1.82) is 0 Å². The third-order valence-corrected chi connectivity index (χ3v) is 5.29. The van der Waals surface area contributed by atoms with Crippen molar-refractivity contribution in [3.05, 3.63) is 58.7 Å². The van der Waals surface area contributed by atoms with E-state index < -0.39 is 5.97 Å². The van der Waals surface area contributed by atoms with E-state index in [0.29, 0.717) is 0 Å². The first-order valence-electron chi connectivity index (χ1n) is 9.16. The lowest BCUT2D eigenvalue weighted by atomic mass is 9.77. The molecule has 0 radical (unpaired) electrons. The predicted molar refractivity (Wildman–Crippen MR) is 103 cm³/mol. The molecule has 0 aliphatic heterocycles. The Kier molecular flexibility index (Phi) is 4.21. The average Bonchev–Trinajstić information content (AvgIpc) is 3.35. The van der Waals surface area contributed by atoms with E-state index >= 15 is 0 Å². The zero-order chi connectivity index (χ0) is 19.3. The van der Waals surface area contributed by atoms with Gasteiger partial charge in [0.15, 0.2) is 0 Å². The number of nitrogens with zero attached hydrogens (tertiary/aromatic N) is 2. The maximum atomic E-state index is 11.1. The second-order valence-corrected chi connectivity index (χ2v) is 9.48. The van der Waals surface area contributed by atoms with Gasteiger partial charge in [0.25, 0.3) is 0 Å². The van der Waals surface area contributed by atoms with E-state index in [9.17, 15) is 4.79 Å². The van der Waals surface area contributed by atoms with Gasteiger partial charge in [-0.15, -0.1) is 0 Å². The normalized spacial score (nSPS) is 16.4. The second kappa shape index (κ2) is 5.90. The zero-order valence-electron chi connectivity index (χ0n) is 16.6. The molecular formula is C22H28N2O2. The molecular weight excluding hydrogens is 324 g/mol. The van der Waals surface area contributed by atoms with Crippen LogP contribution in [0.1, 0.15) is 87.3 Å². The van der Waals surface area contributed by atoms with Gasteiger partial charge < -0.3 is 5.11 Å². The fourth-order valence-corrected chi connectivity index (χ4v) is 3.22. The van der Waals surface area contributed by atoms with Gasteiger partial charge >= 0.3 is 5.97 Å². The Morgan fingerprint density at radius 3 is 1.73 bits per heavy atom. The van der Waals surface area contributed by atoms with Crippen LogP contribution in [0.4, 0.5) is 0 Å². The lowest BCUT2D eigenvalue weighted by Crippen LogP contribution is -2.20. The van der Waals surface area contributed by atoms with Crippen molar-refractivity contribution in [1.82, 2.24) is 9.97 Å². The van der Waals surface area contributed by atoms with Gasteiger partial charge in [-0.05, 0) is 40.4 Å². The highest BCUT2D eigenvalue weighted by Crippen LogP contribution is 2.53. The summed E-state index contributed by atoms with van der Waals surface area (Å²) in [5.74, 6) is -0.264. The van der Waals surface area contributed by atoms with Crippen LogP contribution in [0, 0.1) is 0 Å². The monoisotopic (exact) mass is 352 g/mol. The summed E-state index contributed by atoms with van der Waals surface area (Å²) in [5.41, 5.74) is 3.93. The minimum Gasteiger partial charge on any atom is -0.478 e. The van der Waals surface area contributed by atoms with Crippen molar-refractivity contribution in [3.63, 3.8) is 0 Å². The van der Waals surface area contributed by atoms with Crippen LogP contribution < -0.4 is 0 Å². The van der Waals surface area contributed by atoms with Crippen molar-refractivity contribution >= 4 is 5.97 Å². The number of rotatable bonds is 3. The number of hydrogen-bond acceptors (Lipinski definition) is 3. The van der Waals surface area contributed by atoms with Crippen LogP contribution in [0.25, 0.3) is 0 Å². The number of aromatic nitrogens is 2. The van der Waals surface area contributed by atoms with Gasteiger partial charge in [-0.3, -0.25) is 0 Å². The number of carbonyl (C=O) groups is 1. The molecule has 1 fully saturated rings. The highest BCUT2D eigenvalue weighted by atomic mass is 16.4. The van der Waals surface area contributed by atoms with Crippen molar-refractivity contribution < 1.29 is 9.90 Å². The Balaban J connectivity index is 2.11. The summed E-state index contributed by atoms with van der Waals surface area (Å²) in [6.45, 7) is 13.4. The maximum Gasteiger partial charge on any atom is 0.338 e. The highest BCUT2D eigenvalue weighted by molar-refractivity contribution is 5.86. The summed E-state index contributed by atoms with van der Waals surface area (Å²) in [6, 6.07) is 6.89. The quantitative estimate of drug-likeness (QED) is 0.858. The minimum atomic E-state index is -0.994. The molecule has 0 bridgehead atoms. The van der Waals surface area contributed by atoms with Gasteiger partial charge in [-0.2, -0.15) is 0 Å². The summed E-state index contributed by atoms with van der Waals surface area (Å²) in [5, 5.41) is 9.08. The third-order valence-electron chi connectivity index (χ3n) is 5.29. The Labute approximate surface area is 155 Å². The topological polar surface area (TPSA) is 63.1 Å². The molecule has 138 valence electrons. The number of aromatic carboxylic acids is 1. The van der Waals surface area contributed by atoms with E-state index in [1.807, 2.05) is 0 Å². The van der Waals surface area contributed by atoms with E-state index in [-0.39, 0.29) is 21.8 Å². The van der Waals surface area contributed by atoms with E-state index in [0.717, 1.165) is 18.7 Å². The van der Waals surface area contributed by atoms with Crippen LogP contribution in [-0.2, 0) is 16.2 Å². The molecule has 0 amide bonds. The lowest BCUT2D eigenvalue weighted by molar-refractivity contribution is 0.0696. The van der Waals surface area contributed by atoms with Gasteiger partial charge in [0.1, 0.15) is 5.82 Å². The number of benzene rings is 1. The Morgan fingerprint density at radius 1 is 0.923 bits per heavy atom. The standard InChI is InChI=1S/C22H28N2O2/c1-20(2,3)15-9-16(21(4,5)6)11-17(10-15)22(7-8-22)19-23-12-14(13-24-19)18(25)26/h9-13H,7-8H2,1-6H3,(H,25,26). The van der Waals surface area contributed by atoms with Crippen molar-refractivity contribution in [2.75, 3.05) is 0 Å². The second-order valence-electron chi connectivity index (χ2n) is 9.48. The average molecular weight is 352 g/mol. The highest BCUT2D eigenvalue weighted by Gasteiger charge is 2.49. The van der Waals surface area contributed by atoms with E-state index in [1.165, 1.54) is 29.1 Å². The SMILES string of the molecule is CC(C)(C)c1cc(C(C)(C)C)cc(C2(c3ncc(C(=O)O)cn3)CC2)c1. The lowest BCUT2D eigenvalue weighted by Gasteiger charge is -2.28. The molecule has 4 nitrogen and oxygen atoms in total. The molecule has 1 aliphatic rings. The molecule has 1 aromatic carbocycles. The Morgan fingerprint density at radius 2 is 1.38 bits per heavy atom. The van der Waals surface area contributed by atoms with E-state index in [1.54, 1.807) is 0 Å². The first-order valence-corrected chi connectivity index (χ1v) is 9.16. The van der Waals surface area contributed by atoms with Crippen molar-refractivity contribution in [2.45, 2.75) is 70.6 Å². The van der Waals surface area contributed by atoms with Crippen LogP contribution in [-0.4, -0.2) is 21.0 Å². The predicted octanol–water partition coefficient (Wildman–Crippen LogP) is 4.85. The molecule has 1 heterocycles. The van der Waals surface area contributed by atoms with Crippen LogP contribution in [0.5, 0.6) is 0 Å². The molecule has 0 unspecified atom stereocenters. The third kappa shape index (κ3) is 3.37. The van der Waals surface area contributed by atoms with Gasteiger partial charge in [0.05, 0.1) is 11.0 Å². The van der Waals surface area contributed by atoms with E-state index in [2.05, 4.69) is 69.7 Å². The van der Waals surface area contributed by atoms with Gasteiger partial charge in [0, 0.05) is 12.4 Å². The molecule has 4 heteroatoms. The summed E-state index contributed by atoms with van der Waals surface area (Å²) in [7, 11) is 0. The maximum absolute atomic E-state index is 11.1.